The van der Waals surface area contributed by atoms with E-state index < -0.39 is 0 Å². The standard InChI is InChI=1S/C18H18O/c1-2-3-4-5-9-15-13-19-17-12-11-14-8-6-7-10-16(14)18(15)17/h2-3,6-8,10-13H,4-5,9H2,1H3. The maximum absolute atomic E-state index is 5.70. The van der Waals surface area contributed by atoms with Gasteiger partial charge in [0.1, 0.15) is 5.58 Å². The first-order valence-electron chi connectivity index (χ1n) is 6.89. The Morgan fingerprint density at radius 2 is 2.00 bits per heavy atom. The molecule has 1 aromatic heterocycles. The van der Waals surface area contributed by atoms with E-state index in [2.05, 4.69) is 55.5 Å². The molecule has 1 nitrogen and oxygen atoms in total. The molecule has 19 heavy (non-hydrogen) atoms. The van der Waals surface area contributed by atoms with Crippen molar-refractivity contribution in [2.45, 2.75) is 26.2 Å². The zero-order valence-corrected chi connectivity index (χ0v) is 11.2. The van der Waals surface area contributed by atoms with Gasteiger partial charge in [-0.3, -0.25) is 0 Å². The van der Waals surface area contributed by atoms with E-state index in [1.165, 1.54) is 28.1 Å². The van der Waals surface area contributed by atoms with Gasteiger partial charge in [0, 0.05) is 5.39 Å². The number of rotatable bonds is 4. The Kier molecular flexibility index (Phi) is 3.37. The molecule has 0 aliphatic rings. The summed E-state index contributed by atoms with van der Waals surface area (Å²) in [5, 5.41) is 3.87. The Bertz CT molecular complexity index is 719. The monoisotopic (exact) mass is 250 g/mol. The van der Waals surface area contributed by atoms with E-state index in [1.54, 1.807) is 0 Å². The lowest BCUT2D eigenvalue weighted by atomic mass is 10.0. The molecule has 96 valence electrons. The SMILES string of the molecule is CC=CCCCc1coc2ccc3ccccc3c12. The van der Waals surface area contributed by atoms with Crippen molar-refractivity contribution in [3.8, 4) is 0 Å². The molecule has 0 amide bonds. The van der Waals surface area contributed by atoms with Gasteiger partial charge in [0.2, 0.25) is 0 Å². The summed E-state index contributed by atoms with van der Waals surface area (Å²) in [5.41, 5.74) is 2.33. The van der Waals surface area contributed by atoms with Crippen molar-refractivity contribution in [3.05, 3.63) is 60.4 Å². The molecule has 0 N–H and O–H groups in total. The number of allylic oxidation sites excluding steroid dienone is 2. The fraction of sp³-hybridized carbons (Fsp3) is 0.222. The molecule has 0 aliphatic carbocycles. The van der Waals surface area contributed by atoms with Crippen LogP contribution in [0.3, 0.4) is 0 Å². The molecule has 2 aromatic carbocycles. The van der Waals surface area contributed by atoms with Gasteiger partial charge >= 0.3 is 0 Å². The van der Waals surface area contributed by atoms with Gasteiger partial charge < -0.3 is 4.42 Å². The van der Waals surface area contributed by atoms with Crippen molar-refractivity contribution in [3.63, 3.8) is 0 Å². The van der Waals surface area contributed by atoms with Crippen LogP contribution < -0.4 is 0 Å². The summed E-state index contributed by atoms with van der Waals surface area (Å²) in [6.45, 7) is 2.07. The third-order valence-corrected chi connectivity index (χ3v) is 3.59. The molecule has 0 spiro atoms. The second kappa shape index (κ2) is 5.31. The van der Waals surface area contributed by atoms with Crippen LogP contribution in [-0.2, 0) is 6.42 Å². The van der Waals surface area contributed by atoms with Gasteiger partial charge in [-0.25, -0.2) is 0 Å². The second-order valence-electron chi connectivity index (χ2n) is 4.88. The van der Waals surface area contributed by atoms with Crippen LogP contribution in [0.15, 0.2) is 59.2 Å². The van der Waals surface area contributed by atoms with Crippen molar-refractivity contribution in [2.24, 2.45) is 0 Å². The molecule has 1 heterocycles. The molecule has 3 aromatic rings. The molecule has 0 aliphatic heterocycles. The zero-order chi connectivity index (χ0) is 13.1. The van der Waals surface area contributed by atoms with E-state index >= 15 is 0 Å². The summed E-state index contributed by atoms with van der Waals surface area (Å²) in [7, 11) is 0. The molecule has 3 rings (SSSR count). The number of furan rings is 1. The molecule has 0 saturated heterocycles. The molecule has 0 saturated carbocycles. The lowest BCUT2D eigenvalue weighted by Gasteiger charge is -2.01. The Labute approximate surface area is 113 Å². The first-order chi connectivity index (χ1) is 9.40. The summed E-state index contributed by atoms with van der Waals surface area (Å²) >= 11 is 0. The van der Waals surface area contributed by atoms with Gasteiger partial charge in [0.25, 0.3) is 0 Å². The largest absolute Gasteiger partial charge is 0.464 e. The van der Waals surface area contributed by atoms with E-state index in [9.17, 15) is 0 Å². The molecular formula is C18H18O. The van der Waals surface area contributed by atoms with Crippen LogP contribution >= 0.6 is 0 Å². The van der Waals surface area contributed by atoms with E-state index in [1.807, 2.05) is 6.26 Å². The topological polar surface area (TPSA) is 13.1 Å². The van der Waals surface area contributed by atoms with Crippen LogP contribution in [0.5, 0.6) is 0 Å². The highest BCUT2D eigenvalue weighted by molar-refractivity contribution is 6.07. The first kappa shape index (κ1) is 12.0. The highest BCUT2D eigenvalue weighted by Gasteiger charge is 2.08. The highest BCUT2D eigenvalue weighted by atomic mass is 16.3. The summed E-state index contributed by atoms with van der Waals surface area (Å²) in [6.07, 6.45) is 9.64. The lowest BCUT2D eigenvalue weighted by Crippen LogP contribution is -1.83. The summed E-state index contributed by atoms with van der Waals surface area (Å²) < 4.78 is 5.70. The minimum atomic E-state index is 1.000. The average molecular weight is 250 g/mol. The Morgan fingerprint density at radius 1 is 1.11 bits per heavy atom. The van der Waals surface area contributed by atoms with E-state index in [0.717, 1.165) is 18.4 Å². The van der Waals surface area contributed by atoms with Crippen LogP contribution in [0.2, 0.25) is 0 Å². The lowest BCUT2D eigenvalue weighted by molar-refractivity contribution is 0.609. The van der Waals surface area contributed by atoms with Crippen LogP contribution in [0.4, 0.5) is 0 Å². The van der Waals surface area contributed by atoms with Crippen molar-refractivity contribution in [2.75, 3.05) is 0 Å². The maximum atomic E-state index is 5.70. The minimum Gasteiger partial charge on any atom is -0.464 e. The average Bonchev–Trinajstić information content (AvgIpc) is 2.87. The summed E-state index contributed by atoms with van der Waals surface area (Å²) in [4.78, 5) is 0. The number of unbranched alkanes of at least 4 members (excludes halogenated alkanes) is 1. The van der Waals surface area contributed by atoms with Crippen LogP contribution in [0.1, 0.15) is 25.3 Å². The van der Waals surface area contributed by atoms with Gasteiger partial charge in [-0.15, -0.1) is 0 Å². The van der Waals surface area contributed by atoms with E-state index in [0.29, 0.717) is 0 Å². The number of benzene rings is 2. The van der Waals surface area contributed by atoms with Gasteiger partial charge in [0.05, 0.1) is 6.26 Å². The Morgan fingerprint density at radius 3 is 2.89 bits per heavy atom. The van der Waals surface area contributed by atoms with Crippen molar-refractivity contribution < 1.29 is 4.42 Å². The quantitative estimate of drug-likeness (QED) is 0.441. The predicted molar refractivity (Wildman–Crippen MR) is 81.5 cm³/mol. The fourth-order valence-corrected chi connectivity index (χ4v) is 2.64. The van der Waals surface area contributed by atoms with E-state index in [4.69, 9.17) is 4.42 Å². The Balaban J connectivity index is 2.02. The van der Waals surface area contributed by atoms with E-state index in [-0.39, 0.29) is 0 Å². The Hall–Kier alpha value is -2.02. The zero-order valence-electron chi connectivity index (χ0n) is 11.2. The normalized spacial score (nSPS) is 11.8. The maximum Gasteiger partial charge on any atom is 0.134 e. The van der Waals surface area contributed by atoms with Crippen LogP contribution in [0, 0.1) is 0 Å². The first-order valence-corrected chi connectivity index (χ1v) is 6.89. The highest BCUT2D eigenvalue weighted by Crippen LogP contribution is 2.30. The van der Waals surface area contributed by atoms with Crippen molar-refractivity contribution >= 4 is 21.7 Å². The molecular weight excluding hydrogens is 232 g/mol. The molecule has 0 radical (unpaired) electrons. The molecule has 0 unspecified atom stereocenters. The molecule has 0 fully saturated rings. The molecule has 0 bridgehead atoms. The summed E-state index contributed by atoms with van der Waals surface area (Å²) in [6, 6.07) is 12.7. The third-order valence-electron chi connectivity index (χ3n) is 3.59. The number of aryl methyl sites for hydroxylation is 1. The third kappa shape index (κ3) is 2.28. The smallest absolute Gasteiger partial charge is 0.134 e. The number of hydrogen-bond donors (Lipinski definition) is 0. The number of hydrogen-bond acceptors (Lipinski definition) is 1. The molecule has 0 atom stereocenters. The van der Waals surface area contributed by atoms with Gasteiger partial charge in [-0.2, -0.15) is 0 Å². The van der Waals surface area contributed by atoms with Gasteiger partial charge in [-0.05, 0) is 48.6 Å². The van der Waals surface area contributed by atoms with Crippen LogP contribution in [-0.4, -0.2) is 0 Å². The van der Waals surface area contributed by atoms with Gasteiger partial charge in [0.15, 0.2) is 0 Å². The predicted octanol–water partition coefficient (Wildman–Crippen LogP) is 5.48. The summed E-state index contributed by atoms with van der Waals surface area (Å²) in [5.74, 6) is 0. The minimum absolute atomic E-state index is 1.000. The van der Waals surface area contributed by atoms with Crippen molar-refractivity contribution in [1.29, 1.82) is 0 Å². The number of fused-ring (bicyclic) bond motifs is 3. The van der Waals surface area contributed by atoms with Gasteiger partial charge in [-0.1, -0.05) is 42.5 Å². The second-order valence-corrected chi connectivity index (χ2v) is 4.88. The van der Waals surface area contributed by atoms with Crippen LogP contribution in [0.25, 0.3) is 21.7 Å². The van der Waals surface area contributed by atoms with Crippen molar-refractivity contribution in [1.82, 2.24) is 0 Å². The fourth-order valence-electron chi connectivity index (χ4n) is 2.64. The molecule has 1 heteroatoms.